The highest BCUT2D eigenvalue weighted by molar-refractivity contribution is 6.33. The second-order valence-corrected chi connectivity index (χ2v) is 3.72. The monoisotopic (exact) mass is 210 g/mol. The molecule has 3 N–H and O–H groups in total. The van der Waals surface area contributed by atoms with E-state index in [9.17, 15) is 4.79 Å². The van der Waals surface area contributed by atoms with Gasteiger partial charge in [0.25, 0.3) is 0 Å². The predicted octanol–water partition coefficient (Wildman–Crippen LogP) is 1.38. The topological polar surface area (TPSA) is 55.1 Å². The molecule has 2 rings (SSSR count). The fourth-order valence-electron chi connectivity index (χ4n) is 1.76. The maximum Gasteiger partial charge on any atom is 0.155 e. The van der Waals surface area contributed by atoms with Crippen LogP contribution in [0.5, 0.6) is 0 Å². The molecular formula is C10H11ClN2O. The molecule has 14 heavy (non-hydrogen) atoms. The minimum absolute atomic E-state index is 0.0542. The summed E-state index contributed by atoms with van der Waals surface area (Å²) in [6, 6.07) is 5.58. The van der Waals surface area contributed by atoms with Crippen LogP contribution in [0.1, 0.15) is 11.5 Å². The van der Waals surface area contributed by atoms with Crippen molar-refractivity contribution < 1.29 is 4.79 Å². The lowest BCUT2D eigenvalue weighted by atomic mass is 9.97. The molecule has 1 unspecified atom stereocenters. The molecule has 0 fully saturated rings. The summed E-state index contributed by atoms with van der Waals surface area (Å²) in [6.45, 7) is 0.688. The van der Waals surface area contributed by atoms with E-state index in [-0.39, 0.29) is 18.2 Å². The molecule has 0 radical (unpaired) electrons. The van der Waals surface area contributed by atoms with Gasteiger partial charge in [-0.2, -0.15) is 0 Å². The Balaban J connectivity index is 2.40. The highest BCUT2D eigenvalue weighted by Crippen LogP contribution is 2.36. The molecule has 4 heteroatoms. The van der Waals surface area contributed by atoms with E-state index in [0.29, 0.717) is 11.6 Å². The molecule has 0 bridgehead atoms. The smallest absolute Gasteiger partial charge is 0.155 e. The number of hydrogen-bond donors (Lipinski definition) is 2. The van der Waals surface area contributed by atoms with Crippen molar-refractivity contribution in [1.82, 2.24) is 0 Å². The fourth-order valence-corrected chi connectivity index (χ4v) is 2.01. The van der Waals surface area contributed by atoms with Crippen LogP contribution < -0.4 is 11.1 Å². The third-order valence-corrected chi connectivity index (χ3v) is 2.81. The van der Waals surface area contributed by atoms with Gasteiger partial charge in [0, 0.05) is 6.54 Å². The van der Waals surface area contributed by atoms with Crippen LogP contribution in [0, 0.1) is 0 Å². The SMILES string of the molecule is NCC(=O)C1CNc2c(Cl)cccc21. The minimum atomic E-state index is -0.131. The van der Waals surface area contributed by atoms with Gasteiger partial charge >= 0.3 is 0 Å². The molecule has 0 saturated heterocycles. The van der Waals surface area contributed by atoms with Crippen LogP contribution >= 0.6 is 11.6 Å². The Morgan fingerprint density at radius 3 is 3.14 bits per heavy atom. The number of fused-ring (bicyclic) bond motifs is 1. The lowest BCUT2D eigenvalue weighted by Gasteiger charge is -2.06. The van der Waals surface area contributed by atoms with E-state index >= 15 is 0 Å². The molecule has 0 spiro atoms. The number of para-hydroxylation sites is 1. The molecule has 0 amide bonds. The van der Waals surface area contributed by atoms with Crippen LogP contribution in [-0.4, -0.2) is 18.9 Å². The van der Waals surface area contributed by atoms with E-state index in [1.165, 1.54) is 0 Å². The van der Waals surface area contributed by atoms with E-state index in [0.717, 1.165) is 11.3 Å². The number of rotatable bonds is 2. The first-order valence-electron chi connectivity index (χ1n) is 4.49. The minimum Gasteiger partial charge on any atom is -0.383 e. The third kappa shape index (κ3) is 1.38. The van der Waals surface area contributed by atoms with E-state index < -0.39 is 0 Å². The number of halogens is 1. The van der Waals surface area contributed by atoms with Gasteiger partial charge in [-0.15, -0.1) is 0 Å². The van der Waals surface area contributed by atoms with Crippen LogP contribution in [0.3, 0.4) is 0 Å². The van der Waals surface area contributed by atoms with Gasteiger partial charge < -0.3 is 11.1 Å². The predicted molar refractivity (Wildman–Crippen MR) is 56.7 cm³/mol. The van der Waals surface area contributed by atoms with Gasteiger partial charge in [-0.3, -0.25) is 4.79 Å². The maximum absolute atomic E-state index is 11.5. The summed E-state index contributed by atoms with van der Waals surface area (Å²) >= 11 is 5.98. The first-order chi connectivity index (χ1) is 6.74. The van der Waals surface area contributed by atoms with Crippen LogP contribution in [0.25, 0.3) is 0 Å². The van der Waals surface area contributed by atoms with Crippen LogP contribution in [0.4, 0.5) is 5.69 Å². The second kappa shape index (κ2) is 3.59. The Bertz CT molecular complexity index is 378. The summed E-state index contributed by atoms with van der Waals surface area (Å²) in [5, 5.41) is 3.79. The number of nitrogens with two attached hydrogens (primary N) is 1. The van der Waals surface area contributed by atoms with Gasteiger partial charge in [0.15, 0.2) is 5.78 Å². The number of carbonyl (C=O) groups excluding carboxylic acids is 1. The largest absolute Gasteiger partial charge is 0.383 e. The Hall–Kier alpha value is -1.06. The summed E-state index contributed by atoms with van der Waals surface area (Å²) in [4.78, 5) is 11.5. The molecule has 1 aromatic rings. The lowest BCUT2D eigenvalue weighted by Crippen LogP contribution is -2.22. The first-order valence-corrected chi connectivity index (χ1v) is 4.87. The number of nitrogens with one attached hydrogen (secondary N) is 1. The van der Waals surface area contributed by atoms with E-state index in [4.69, 9.17) is 17.3 Å². The Labute approximate surface area is 87.2 Å². The van der Waals surface area contributed by atoms with Crippen LogP contribution in [0.15, 0.2) is 18.2 Å². The highest BCUT2D eigenvalue weighted by atomic mass is 35.5. The number of carbonyl (C=O) groups is 1. The molecular weight excluding hydrogens is 200 g/mol. The average molecular weight is 211 g/mol. The molecule has 0 aliphatic carbocycles. The number of Topliss-reactive ketones (excluding diaryl/α,β-unsaturated/α-hetero) is 1. The quantitative estimate of drug-likeness (QED) is 0.776. The summed E-state index contributed by atoms with van der Waals surface area (Å²) in [7, 11) is 0. The number of ketones is 1. The van der Waals surface area contributed by atoms with Crippen molar-refractivity contribution in [3.63, 3.8) is 0 Å². The van der Waals surface area contributed by atoms with Gasteiger partial charge in [-0.05, 0) is 11.6 Å². The zero-order chi connectivity index (χ0) is 10.1. The standard InChI is InChI=1S/C10H11ClN2O/c11-8-3-1-2-6-7(9(14)4-12)5-13-10(6)8/h1-3,7,13H,4-5,12H2. The van der Waals surface area contributed by atoms with Gasteiger partial charge in [0.2, 0.25) is 0 Å². The van der Waals surface area contributed by atoms with Crippen molar-refractivity contribution in [3.8, 4) is 0 Å². The summed E-state index contributed by atoms with van der Waals surface area (Å²) in [6.07, 6.45) is 0. The zero-order valence-corrected chi connectivity index (χ0v) is 8.34. The Morgan fingerprint density at radius 1 is 1.64 bits per heavy atom. The Morgan fingerprint density at radius 2 is 2.43 bits per heavy atom. The molecule has 1 aromatic carbocycles. The highest BCUT2D eigenvalue weighted by Gasteiger charge is 2.28. The molecule has 1 heterocycles. The number of benzene rings is 1. The van der Waals surface area contributed by atoms with Crippen molar-refractivity contribution in [3.05, 3.63) is 28.8 Å². The van der Waals surface area contributed by atoms with Crippen molar-refractivity contribution in [2.75, 3.05) is 18.4 Å². The summed E-state index contributed by atoms with van der Waals surface area (Å²) < 4.78 is 0. The molecule has 1 aliphatic rings. The molecule has 1 atom stereocenters. The van der Waals surface area contributed by atoms with Gasteiger partial charge in [-0.1, -0.05) is 23.7 Å². The van der Waals surface area contributed by atoms with Crippen LogP contribution in [0.2, 0.25) is 5.02 Å². The molecule has 0 saturated carbocycles. The van der Waals surface area contributed by atoms with Crippen molar-refractivity contribution in [2.24, 2.45) is 5.73 Å². The first kappa shape index (κ1) is 9.49. The van der Waals surface area contributed by atoms with Crippen molar-refractivity contribution >= 4 is 23.1 Å². The van der Waals surface area contributed by atoms with E-state index in [1.54, 1.807) is 0 Å². The van der Waals surface area contributed by atoms with E-state index in [2.05, 4.69) is 5.32 Å². The Kier molecular flexibility index (Phi) is 2.44. The number of hydrogen-bond acceptors (Lipinski definition) is 3. The van der Waals surface area contributed by atoms with Gasteiger partial charge in [-0.25, -0.2) is 0 Å². The third-order valence-electron chi connectivity index (χ3n) is 2.49. The fraction of sp³-hybridized carbons (Fsp3) is 0.300. The van der Waals surface area contributed by atoms with Crippen molar-refractivity contribution in [1.29, 1.82) is 0 Å². The molecule has 1 aliphatic heterocycles. The molecule has 3 nitrogen and oxygen atoms in total. The summed E-state index contributed by atoms with van der Waals surface area (Å²) in [5.74, 6) is -0.0767. The van der Waals surface area contributed by atoms with Gasteiger partial charge in [0.1, 0.15) is 0 Å². The van der Waals surface area contributed by atoms with E-state index in [1.807, 2.05) is 18.2 Å². The molecule has 74 valence electrons. The maximum atomic E-state index is 11.5. The lowest BCUT2D eigenvalue weighted by molar-refractivity contribution is -0.118. The van der Waals surface area contributed by atoms with Gasteiger partial charge in [0.05, 0.1) is 23.2 Å². The average Bonchev–Trinajstić information content (AvgIpc) is 2.62. The zero-order valence-electron chi connectivity index (χ0n) is 7.59. The normalized spacial score (nSPS) is 18.9. The molecule has 0 aromatic heterocycles. The number of anilines is 1. The van der Waals surface area contributed by atoms with Crippen molar-refractivity contribution in [2.45, 2.75) is 5.92 Å². The summed E-state index contributed by atoms with van der Waals surface area (Å²) in [5.41, 5.74) is 7.18. The van der Waals surface area contributed by atoms with Crippen LogP contribution in [-0.2, 0) is 4.79 Å². The second-order valence-electron chi connectivity index (χ2n) is 3.31.